The van der Waals surface area contributed by atoms with E-state index in [9.17, 15) is 9.59 Å². The topological polar surface area (TPSA) is 71.1 Å². The predicted octanol–water partition coefficient (Wildman–Crippen LogP) is 3.53. The van der Waals surface area contributed by atoms with Gasteiger partial charge in [-0.3, -0.25) is 4.79 Å². The van der Waals surface area contributed by atoms with Crippen molar-refractivity contribution < 1.29 is 28.5 Å². The second-order valence-corrected chi connectivity index (χ2v) is 5.44. The van der Waals surface area contributed by atoms with Crippen LogP contribution in [0.15, 0.2) is 42.5 Å². The quantitative estimate of drug-likeness (QED) is 0.531. The minimum absolute atomic E-state index is 0.277. The van der Waals surface area contributed by atoms with Gasteiger partial charge < -0.3 is 18.9 Å². The van der Waals surface area contributed by atoms with Crippen LogP contribution < -0.4 is 14.2 Å². The van der Waals surface area contributed by atoms with Gasteiger partial charge in [-0.15, -0.1) is 0 Å². The predicted molar refractivity (Wildman–Crippen MR) is 96.4 cm³/mol. The maximum atomic E-state index is 12.4. The average Bonchev–Trinajstić information content (AvgIpc) is 2.67. The standard InChI is InChI=1S/C20H22O6/c1-5-25-17-11-8-15(12-18(17)24-4)20(22)26-13(2)19(21)14-6-9-16(23-3)10-7-14/h6-13H,5H2,1-4H3/t13-/m0/s1. The molecule has 0 saturated carbocycles. The Bertz CT molecular complexity index is 766. The van der Waals surface area contributed by atoms with E-state index in [-0.39, 0.29) is 11.3 Å². The van der Waals surface area contributed by atoms with Crippen LogP contribution in [-0.4, -0.2) is 38.7 Å². The summed E-state index contributed by atoms with van der Waals surface area (Å²) in [5.41, 5.74) is 0.718. The smallest absolute Gasteiger partial charge is 0.338 e. The third-order valence-corrected chi connectivity index (χ3v) is 3.73. The highest BCUT2D eigenvalue weighted by molar-refractivity contribution is 6.01. The number of carbonyl (C=O) groups is 2. The number of ketones is 1. The van der Waals surface area contributed by atoms with Crippen molar-refractivity contribution in [3.8, 4) is 17.2 Å². The van der Waals surface area contributed by atoms with Crippen molar-refractivity contribution in [2.45, 2.75) is 20.0 Å². The summed E-state index contributed by atoms with van der Waals surface area (Å²) >= 11 is 0. The van der Waals surface area contributed by atoms with Gasteiger partial charge in [0.2, 0.25) is 5.78 Å². The zero-order valence-electron chi connectivity index (χ0n) is 15.3. The highest BCUT2D eigenvalue weighted by Gasteiger charge is 2.21. The molecule has 0 aliphatic heterocycles. The van der Waals surface area contributed by atoms with Crippen LogP contribution in [0.1, 0.15) is 34.6 Å². The molecule has 0 bridgehead atoms. The van der Waals surface area contributed by atoms with E-state index < -0.39 is 12.1 Å². The molecule has 26 heavy (non-hydrogen) atoms. The van der Waals surface area contributed by atoms with Gasteiger partial charge in [-0.2, -0.15) is 0 Å². The minimum atomic E-state index is -0.923. The second kappa shape index (κ2) is 8.89. The van der Waals surface area contributed by atoms with Crippen LogP contribution in [0.2, 0.25) is 0 Å². The Morgan fingerprint density at radius 1 is 0.923 bits per heavy atom. The average molecular weight is 358 g/mol. The number of hydrogen-bond donors (Lipinski definition) is 0. The zero-order valence-corrected chi connectivity index (χ0v) is 15.3. The molecule has 138 valence electrons. The molecular formula is C20H22O6. The molecular weight excluding hydrogens is 336 g/mol. The van der Waals surface area contributed by atoms with Gasteiger partial charge in [0, 0.05) is 5.56 Å². The SMILES string of the molecule is CCOc1ccc(C(=O)O[C@@H](C)C(=O)c2ccc(OC)cc2)cc1OC. The van der Waals surface area contributed by atoms with E-state index in [0.717, 1.165) is 0 Å². The summed E-state index contributed by atoms with van der Waals surface area (Å²) in [7, 11) is 3.04. The van der Waals surface area contributed by atoms with Crippen LogP contribution in [-0.2, 0) is 4.74 Å². The van der Waals surface area contributed by atoms with Crippen molar-refractivity contribution in [2.75, 3.05) is 20.8 Å². The van der Waals surface area contributed by atoms with Gasteiger partial charge in [0.15, 0.2) is 17.6 Å². The Hall–Kier alpha value is -3.02. The molecule has 2 aromatic carbocycles. The summed E-state index contributed by atoms with van der Waals surface area (Å²) < 4.78 is 21.0. The van der Waals surface area contributed by atoms with Crippen LogP contribution in [0, 0.1) is 0 Å². The Kier molecular flexibility index (Phi) is 6.60. The fraction of sp³-hybridized carbons (Fsp3) is 0.300. The van der Waals surface area contributed by atoms with Crippen LogP contribution in [0.4, 0.5) is 0 Å². The maximum Gasteiger partial charge on any atom is 0.338 e. The number of ether oxygens (including phenoxy) is 4. The Labute approximate surface area is 152 Å². The lowest BCUT2D eigenvalue weighted by atomic mass is 10.1. The van der Waals surface area contributed by atoms with Gasteiger partial charge in [-0.05, 0) is 56.3 Å². The molecule has 0 radical (unpaired) electrons. The molecule has 0 spiro atoms. The summed E-state index contributed by atoms with van der Waals surface area (Å²) in [5.74, 6) is 0.705. The molecule has 6 nitrogen and oxygen atoms in total. The molecule has 0 heterocycles. The van der Waals surface area contributed by atoms with Crippen molar-refractivity contribution >= 4 is 11.8 Å². The first-order chi connectivity index (χ1) is 12.5. The van der Waals surface area contributed by atoms with Crippen LogP contribution in [0.3, 0.4) is 0 Å². The number of benzene rings is 2. The number of hydrogen-bond acceptors (Lipinski definition) is 6. The molecule has 6 heteroatoms. The van der Waals surface area contributed by atoms with E-state index in [2.05, 4.69) is 0 Å². The van der Waals surface area contributed by atoms with Gasteiger partial charge >= 0.3 is 5.97 Å². The molecule has 0 aromatic heterocycles. The van der Waals surface area contributed by atoms with E-state index >= 15 is 0 Å². The molecule has 0 aliphatic rings. The van der Waals surface area contributed by atoms with E-state index in [4.69, 9.17) is 18.9 Å². The van der Waals surface area contributed by atoms with E-state index in [1.807, 2.05) is 6.92 Å². The van der Waals surface area contributed by atoms with Gasteiger partial charge in [-0.25, -0.2) is 4.79 Å². The number of esters is 1. The monoisotopic (exact) mass is 358 g/mol. The first-order valence-corrected chi connectivity index (χ1v) is 8.20. The van der Waals surface area contributed by atoms with Gasteiger partial charge in [0.1, 0.15) is 5.75 Å². The second-order valence-electron chi connectivity index (χ2n) is 5.44. The fourth-order valence-electron chi connectivity index (χ4n) is 2.34. The highest BCUT2D eigenvalue weighted by Crippen LogP contribution is 2.28. The minimum Gasteiger partial charge on any atom is -0.497 e. The third-order valence-electron chi connectivity index (χ3n) is 3.73. The molecule has 1 atom stereocenters. The van der Waals surface area contributed by atoms with Gasteiger partial charge in [0.05, 0.1) is 26.4 Å². The summed E-state index contributed by atoms with van der Waals surface area (Å²) in [6.07, 6.45) is -0.923. The number of carbonyl (C=O) groups excluding carboxylic acids is 2. The van der Waals surface area contributed by atoms with Gasteiger partial charge in [-0.1, -0.05) is 0 Å². The fourth-order valence-corrected chi connectivity index (χ4v) is 2.34. The summed E-state index contributed by atoms with van der Waals surface area (Å²) in [6.45, 7) is 3.87. The molecule has 2 rings (SSSR count). The third kappa shape index (κ3) is 4.53. The first-order valence-electron chi connectivity index (χ1n) is 8.20. The van der Waals surface area contributed by atoms with Crippen molar-refractivity contribution in [1.29, 1.82) is 0 Å². The normalized spacial score (nSPS) is 11.4. The lowest BCUT2D eigenvalue weighted by Gasteiger charge is -2.14. The summed E-state index contributed by atoms with van der Waals surface area (Å²) in [4.78, 5) is 24.7. The Balaban J connectivity index is 2.09. The molecule has 0 N–H and O–H groups in total. The Morgan fingerprint density at radius 3 is 2.15 bits per heavy atom. The van der Waals surface area contributed by atoms with E-state index in [1.54, 1.807) is 43.5 Å². The molecule has 2 aromatic rings. The van der Waals surface area contributed by atoms with Crippen molar-refractivity contribution in [1.82, 2.24) is 0 Å². The molecule has 0 aliphatic carbocycles. The van der Waals surface area contributed by atoms with Crippen molar-refractivity contribution in [2.24, 2.45) is 0 Å². The lowest BCUT2D eigenvalue weighted by molar-refractivity contribution is 0.0318. The van der Waals surface area contributed by atoms with E-state index in [0.29, 0.717) is 29.4 Å². The highest BCUT2D eigenvalue weighted by atomic mass is 16.5. The Morgan fingerprint density at radius 2 is 1.58 bits per heavy atom. The van der Waals surface area contributed by atoms with Crippen LogP contribution in [0.25, 0.3) is 0 Å². The van der Waals surface area contributed by atoms with Crippen LogP contribution >= 0.6 is 0 Å². The number of Topliss-reactive ketones (excluding diaryl/α,β-unsaturated/α-hetero) is 1. The summed E-state index contributed by atoms with van der Waals surface area (Å²) in [6, 6.07) is 11.3. The molecule has 0 amide bonds. The van der Waals surface area contributed by atoms with E-state index in [1.165, 1.54) is 20.1 Å². The number of methoxy groups -OCH3 is 2. The molecule has 0 saturated heterocycles. The molecule has 0 fully saturated rings. The zero-order chi connectivity index (χ0) is 19.1. The maximum absolute atomic E-state index is 12.4. The summed E-state index contributed by atoms with van der Waals surface area (Å²) in [5, 5.41) is 0. The van der Waals surface area contributed by atoms with Crippen molar-refractivity contribution in [3.63, 3.8) is 0 Å². The van der Waals surface area contributed by atoms with Crippen molar-refractivity contribution in [3.05, 3.63) is 53.6 Å². The van der Waals surface area contributed by atoms with Crippen LogP contribution in [0.5, 0.6) is 17.2 Å². The molecule has 0 unspecified atom stereocenters. The lowest BCUT2D eigenvalue weighted by Crippen LogP contribution is -2.24. The van der Waals surface area contributed by atoms with Gasteiger partial charge in [0.25, 0.3) is 0 Å². The first kappa shape index (κ1) is 19.3. The largest absolute Gasteiger partial charge is 0.497 e. The number of rotatable bonds is 8.